The van der Waals surface area contributed by atoms with Crippen LogP contribution in [0.15, 0.2) is 11.1 Å². The Balaban J connectivity index is 1.67. The quantitative estimate of drug-likeness (QED) is 0.403. The predicted octanol–water partition coefficient (Wildman–Crippen LogP) is 5.76. The van der Waals surface area contributed by atoms with Gasteiger partial charge in [-0.2, -0.15) is 0 Å². The Morgan fingerprint density at radius 3 is 2.27 bits per heavy atom. The summed E-state index contributed by atoms with van der Waals surface area (Å²) in [4.78, 5) is 0. The number of hydrogen-bond donors (Lipinski definition) is 3. The van der Waals surface area contributed by atoms with Gasteiger partial charge in [0.05, 0.1) is 12.3 Å². The van der Waals surface area contributed by atoms with E-state index < -0.39 is 0 Å². The van der Waals surface area contributed by atoms with Gasteiger partial charge in [0, 0.05) is 0 Å². The van der Waals surface area contributed by atoms with Gasteiger partial charge in [0.1, 0.15) is 0 Å². The third-order valence-corrected chi connectivity index (χ3v) is 11.4. The highest BCUT2D eigenvalue weighted by molar-refractivity contribution is 5.38. The molecule has 3 nitrogen and oxygen atoms in total. The van der Waals surface area contributed by atoms with Gasteiger partial charge in [-0.05, 0) is 104 Å². The zero-order chi connectivity index (χ0) is 22.1. The van der Waals surface area contributed by atoms with Crippen molar-refractivity contribution in [2.24, 2.45) is 50.9 Å². The summed E-state index contributed by atoms with van der Waals surface area (Å²) < 4.78 is 0. The largest absolute Gasteiger partial charge is 0.393 e. The van der Waals surface area contributed by atoms with Crippen molar-refractivity contribution in [3.05, 3.63) is 11.1 Å². The Bertz CT molecular complexity index is 712. The van der Waals surface area contributed by atoms with Gasteiger partial charge in [0.15, 0.2) is 0 Å². The number of allylic oxidation sites excluding steroid dienone is 2. The number of aliphatic hydroxyl groups excluding tert-OH is 1. The van der Waals surface area contributed by atoms with Crippen LogP contribution in [0.3, 0.4) is 0 Å². The second kappa shape index (κ2) is 7.32. The van der Waals surface area contributed by atoms with Gasteiger partial charge in [-0.3, -0.25) is 0 Å². The minimum atomic E-state index is -0.172. The minimum Gasteiger partial charge on any atom is -0.393 e. The smallest absolute Gasteiger partial charge is 0.0594 e. The van der Waals surface area contributed by atoms with Crippen molar-refractivity contribution in [2.75, 3.05) is 0 Å². The highest BCUT2D eigenvalue weighted by Gasteiger charge is 2.63. The van der Waals surface area contributed by atoms with Crippen LogP contribution in [0, 0.1) is 39.4 Å². The first-order valence-corrected chi connectivity index (χ1v) is 12.8. The topological polar surface area (TPSA) is 72.3 Å². The molecule has 5 N–H and O–H groups in total. The lowest BCUT2D eigenvalue weighted by Gasteiger charge is -2.62. The molecule has 0 bridgehead atoms. The summed E-state index contributed by atoms with van der Waals surface area (Å²) >= 11 is 0. The molecular formula is C27H48N2O. The van der Waals surface area contributed by atoms with Crippen LogP contribution in [0.4, 0.5) is 0 Å². The predicted molar refractivity (Wildman–Crippen MR) is 126 cm³/mol. The average molecular weight is 417 g/mol. The van der Waals surface area contributed by atoms with Crippen LogP contribution in [0.2, 0.25) is 0 Å². The van der Waals surface area contributed by atoms with Gasteiger partial charge in [-0.1, -0.05) is 52.7 Å². The molecule has 0 aliphatic heterocycles. The number of fused-ring (bicyclic) bond motifs is 4. The fourth-order valence-corrected chi connectivity index (χ4v) is 9.29. The maximum absolute atomic E-state index is 10.8. The van der Waals surface area contributed by atoms with Crippen molar-refractivity contribution in [2.45, 2.75) is 118 Å². The second-order valence-electron chi connectivity index (χ2n) is 13.0. The fraction of sp³-hybridized carbons (Fsp3) is 0.926. The highest BCUT2D eigenvalue weighted by atomic mass is 16.3. The van der Waals surface area contributed by atoms with Crippen molar-refractivity contribution >= 4 is 0 Å². The molecule has 0 unspecified atom stereocenters. The van der Waals surface area contributed by atoms with E-state index in [4.69, 9.17) is 11.5 Å². The molecule has 30 heavy (non-hydrogen) atoms. The van der Waals surface area contributed by atoms with Gasteiger partial charge < -0.3 is 16.6 Å². The molecule has 0 heterocycles. The third kappa shape index (κ3) is 3.01. The second-order valence-corrected chi connectivity index (χ2v) is 13.0. The molecule has 4 aliphatic carbocycles. The van der Waals surface area contributed by atoms with E-state index in [1.807, 2.05) is 11.1 Å². The Labute approximate surface area is 185 Å². The zero-order valence-corrected chi connectivity index (χ0v) is 20.6. The molecule has 2 saturated carbocycles. The molecule has 7 atom stereocenters. The zero-order valence-electron chi connectivity index (χ0n) is 20.6. The molecule has 0 radical (unpaired) electrons. The van der Waals surface area contributed by atoms with Gasteiger partial charge in [0.25, 0.3) is 0 Å². The fourth-order valence-electron chi connectivity index (χ4n) is 9.29. The van der Waals surface area contributed by atoms with E-state index in [0.29, 0.717) is 22.7 Å². The van der Waals surface area contributed by atoms with Crippen LogP contribution in [-0.4, -0.2) is 17.4 Å². The van der Waals surface area contributed by atoms with E-state index in [0.717, 1.165) is 25.2 Å². The first kappa shape index (κ1) is 22.8. The van der Waals surface area contributed by atoms with Crippen LogP contribution < -0.4 is 11.5 Å². The maximum Gasteiger partial charge on any atom is 0.0594 e. The summed E-state index contributed by atoms with van der Waals surface area (Å²) in [7, 11) is 0. The van der Waals surface area contributed by atoms with Crippen LogP contribution >= 0.6 is 0 Å². The first-order valence-electron chi connectivity index (χ1n) is 12.8. The summed E-state index contributed by atoms with van der Waals surface area (Å²) in [5, 5.41) is 10.8. The Kier molecular flexibility index (Phi) is 5.56. The van der Waals surface area contributed by atoms with E-state index in [1.54, 1.807) is 0 Å². The van der Waals surface area contributed by atoms with Crippen LogP contribution in [0.5, 0.6) is 0 Å². The summed E-state index contributed by atoms with van der Waals surface area (Å²) in [5.74, 6) is 2.09. The lowest BCUT2D eigenvalue weighted by Crippen LogP contribution is -2.55. The molecule has 4 rings (SSSR count). The third-order valence-electron chi connectivity index (χ3n) is 11.4. The first-order chi connectivity index (χ1) is 13.9. The average Bonchev–Trinajstić information content (AvgIpc) is 2.95. The van der Waals surface area contributed by atoms with E-state index in [2.05, 4.69) is 41.5 Å². The molecule has 172 valence electrons. The Hall–Kier alpha value is -0.380. The van der Waals surface area contributed by atoms with Crippen LogP contribution in [0.25, 0.3) is 0 Å². The number of nitrogens with two attached hydrogens (primary N) is 2. The maximum atomic E-state index is 10.8. The molecule has 0 aromatic heterocycles. The van der Waals surface area contributed by atoms with Crippen molar-refractivity contribution < 1.29 is 5.11 Å². The molecule has 4 aliphatic rings. The monoisotopic (exact) mass is 416 g/mol. The lowest BCUT2D eigenvalue weighted by molar-refractivity contribution is -0.0962. The van der Waals surface area contributed by atoms with Crippen LogP contribution in [-0.2, 0) is 0 Å². The van der Waals surface area contributed by atoms with Gasteiger partial charge in [-0.25, -0.2) is 0 Å². The highest BCUT2D eigenvalue weighted by Crippen LogP contribution is 2.72. The molecule has 2 fully saturated rings. The lowest BCUT2D eigenvalue weighted by atomic mass is 9.43. The van der Waals surface area contributed by atoms with Crippen molar-refractivity contribution in [1.29, 1.82) is 0 Å². The summed E-state index contributed by atoms with van der Waals surface area (Å²) in [6, 6.07) is 0. The van der Waals surface area contributed by atoms with E-state index in [1.165, 1.54) is 44.9 Å². The van der Waals surface area contributed by atoms with Gasteiger partial charge in [-0.15, -0.1) is 0 Å². The molecule has 0 aromatic rings. The summed E-state index contributed by atoms with van der Waals surface area (Å²) in [6.45, 7) is 14.9. The van der Waals surface area contributed by atoms with Crippen molar-refractivity contribution in [3.8, 4) is 0 Å². The number of hydrogen-bond acceptors (Lipinski definition) is 3. The molecule has 0 aromatic carbocycles. The van der Waals surface area contributed by atoms with Gasteiger partial charge in [0.2, 0.25) is 0 Å². The molecule has 0 saturated heterocycles. The summed E-state index contributed by atoms with van der Waals surface area (Å²) in [6.07, 6.45) is 11.7. The SMILES string of the molecule is C[C@H](CCC(N)N)[C@H]1CC[C@@]2(C)C3=C(CC[C@]12C)[C@@]1(C)CC[C@H](O)C(C)(C)[C@@H]1CC3. The van der Waals surface area contributed by atoms with E-state index in [9.17, 15) is 5.11 Å². The Morgan fingerprint density at radius 2 is 1.60 bits per heavy atom. The Morgan fingerprint density at radius 1 is 0.900 bits per heavy atom. The van der Waals surface area contributed by atoms with Crippen LogP contribution in [0.1, 0.15) is 106 Å². The molecule has 0 spiro atoms. The van der Waals surface area contributed by atoms with Crippen molar-refractivity contribution in [1.82, 2.24) is 0 Å². The van der Waals surface area contributed by atoms with E-state index >= 15 is 0 Å². The molecule has 3 heteroatoms. The minimum absolute atomic E-state index is 0.0287. The number of aliphatic hydroxyl groups is 1. The summed E-state index contributed by atoms with van der Waals surface area (Å²) in [5.41, 5.74) is 16.5. The molecule has 0 amide bonds. The molecular weight excluding hydrogens is 368 g/mol. The normalized spacial score (nSPS) is 46.4. The van der Waals surface area contributed by atoms with Crippen molar-refractivity contribution in [3.63, 3.8) is 0 Å². The number of rotatable bonds is 4. The standard InChI is InChI=1S/C27H48N2O/c1-17(7-10-23(28)29)18-11-15-27(6)20-8-9-21-24(2,3)22(30)13-14-25(21,4)19(20)12-16-26(18,27)5/h17-18,21-23,30H,7-16,28-29H2,1-6H3/t17-,18-,21+,22+,25-,26-,27+/m1/s1. The van der Waals surface area contributed by atoms with Gasteiger partial charge >= 0.3 is 0 Å². The van der Waals surface area contributed by atoms with E-state index in [-0.39, 0.29) is 23.1 Å².